The van der Waals surface area contributed by atoms with Crippen molar-refractivity contribution in [2.24, 2.45) is 0 Å². The van der Waals surface area contributed by atoms with Crippen LogP contribution in [0, 0.1) is 0 Å². The Morgan fingerprint density at radius 3 is 3.14 bits per heavy atom. The van der Waals surface area contributed by atoms with Gasteiger partial charge < -0.3 is 10.1 Å². The first-order valence-corrected chi connectivity index (χ1v) is 7.76. The van der Waals surface area contributed by atoms with E-state index in [1.807, 2.05) is 19.2 Å². The van der Waals surface area contributed by atoms with Crippen molar-refractivity contribution >= 4 is 16.6 Å². The quantitative estimate of drug-likeness (QED) is 0.888. The van der Waals surface area contributed by atoms with Crippen molar-refractivity contribution in [2.45, 2.75) is 32.3 Å². The van der Waals surface area contributed by atoms with Gasteiger partial charge in [-0.3, -0.25) is 4.90 Å². The summed E-state index contributed by atoms with van der Waals surface area (Å²) in [5.41, 5.74) is 3.68. The van der Waals surface area contributed by atoms with Gasteiger partial charge in [-0.05, 0) is 50.4 Å². The molecular weight excluding hydrogens is 262 g/mol. The smallest absolute Gasteiger partial charge is 0.137 e. The van der Waals surface area contributed by atoms with E-state index in [9.17, 15) is 5.11 Å². The molecule has 2 aromatic heterocycles. The van der Waals surface area contributed by atoms with Gasteiger partial charge in [0.2, 0.25) is 0 Å². The lowest BCUT2D eigenvalue weighted by atomic mass is 9.99. The number of aliphatic hydroxyl groups excluding tert-OH is 1. The van der Waals surface area contributed by atoms with Gasteiger partial charge in [-0.15, -0.1) is 0 Å². The van der Waals surface area contributed by atoms with Gasteiger partial charge >= 0.3 is 0 Å². The van der Waals surface area contributed by atoms with Gasteiger partial charge in [0.05, 0.1) is 6.10 Å². The molecule has 0 aliphatic carbocycles. The molecule has 3 heterocycles. The van der Waals surface area contributed by atoms with Gasteiger partial charge in [0.15, 0.2) is 0 Å². The molecule has 0 saturated carbocycles. The largest absolute Gasteiger partial charge is 0.393 e. The summed E-state index contributed by atoms with van der Waals surface area (Å²) in [5, 5.41) is 10.5. The van der Waals surface area contributed by atoms with E-state index in [4.69, 9.17) is 0 Å². The molecule has 0 spiro atoms. The number of nitrogens with one attached hydrogen (secondary N) is 1. The summed E-state index contributed by atoms with van der Waals surface area (Å²) in [6.07, 6.45) is 9.09. The van der Waals surface area contributed by atoms with Crippen LogP contribution in [0.25, 0.3) is 16.6 Å². The minimum absolute atomic E-state index is 0.181. The Balaban J connectivity index is 1.65. The van der Waals surface area contributed by atoms with E-state index in [0.29, 0.717) is 0 Å². The maximum atomic E-state index is 9.31. The zero-order valence-corrected chi connectivity index (χ0v) is 12.5. The first-order chi connectivity index (χ1) is 10.2. The summed E-state index contributed by atoms with van der Waals surface area (Å²) >= 11 is 0. The molecular formula is C17H23N3O. The number of aliphatic hydroxyl groups is 1. The molecule has 0 amide bonds. The molecule has 4 heteroatoms. The van der Waals surface area contributed by atoms with Crippen LogP contribution in [0.15, 0.2) is 30.6 Å². The Bertz CT molecular complexity index is 630. The van der Waals surface area contributed by atoms with Crippen molar-refractivity contribution in [3.8, 4) is 0 Å². The average molecular weight is 285 g/mol. The van der Waals surface area contributed by atoms with Gasteiger partial charge in [-0.2, -0.15) is 0 Å². The van der Waals surface area contributed by atoms with E-state index in [1.54, 1.807) is 0 Å². The van der Waals surface area contributed by atoms with Gasteiger partial charge in [-0.1, -0.05) is 6.08 Å². The summed E-state index contributed by atoms with van der Waals surface area (Å²) in [7, 11) is 0. The monoisotopic (exact) mass is 285 g/mol. The molecule has 0 bridgehead atoms. The minimum atomic E-state index is -0.181. The van der Waals surface area contributed by atoms with Crippen LogP contribution in [0.5, 0.6) is 0 Å². The fraction of sp³-hybridized carbons (Fsp3) is 0.471. The molecule has 2 N–H and O–H groups in total. The van der Waals surface area contributed by atoms with Crippen LogP contribution in [-0.4, -0.2) is 45.7 Å². The van der Waals surface area contributed by atoms with Crippen molar-refractivity contribution < 1.29 is 5.11 Å². The SMILES string of the molecule is CC(O)CCCN1CC=C(c2c[nH]c3ncccc23)CC1. The lowest BCUT2D eigenvalue weighted by molar-refractivity contribution is 0.172. The first kappa shape index (κ1) is 14.3. The zero-order valence-electron chi connectivity index (χ0n) is 12.5. The number of rotatable bonds is 5. The molecule has 4 nitrogen and oxygen atoms in total. The van der Waals surface area contributed by atoms with Gasteiger partial charge in [0.1, 0.15) is 5.65 Å². The van der Waals surface area contributed by atoms with E-state index in [1.165, 1.54) is 16.5 Å². The Morgan fingerprint density at radius 2 is 2.38 bits per heavy atom. The van der Waals surface area contributed by atoms with Crippen molar-refractivity contribution in [3.63, 3.8) is 0 Å². The molecule has 21 heavy (non-hydrogen) atoms. The Labute approximate surface area is 125 Å². The van der Waals surface area contributed by atoms with Crippen LogP contribution in [-0.2, 0) is 0 Å². The Kier molecular flexibility index (Phi) is 4.36. The number of aromatic nitrogens is 2. The molecule has 0 fully saturated rings. The normalized spacial score (nSPS) is 17.9. The van der Waals surface area contributed by atoms with Crippen LogP contribution in [0.2, 0.25) is 0 Å². The number of aromatic amines is 1. The van der Waals surface area contributed by atoms with E-state index in [0.717, 1.165) is 44.5 Å². The van der Waals surface area contributed by atoms with Crippen LogP contribution in [0.1, 0.15) is 31.7 Å². The van der Waals surface area contributed by atoms with E-state index < -0.39 is 0 Å². The van der Waals surface area contributed by atoms with E-state index in [2.05, 4.69) is 33.2 Å². The summed E-state index contributed by atoms with van der Waals surface area (Å²) in [6.45, 7) is 5.03. The third kappa shape index (κ3) is 3.34. The molecule has 0 saturated heterocycles. The number of fused-ring (bicyclic) bond motifs is 1. The molecule has 112 valence electrons. The summed E-state index contributed by atoms with van der Waals surface area (Å²) in [4.78, 5) is 10.1. The van der Waals surface area contributed by atoms with Gasteiger partial charge in [-0.25, -0.2) is 4.98 Å². The highest BCUT2D eigenvalue weighted by Gasteiger charge is 2.15. The number of nitrogens with zero attached hydrogens (tertiary/aromatic N) is 2. The molecule has 0 aromatic carbocycles. The molecule has 0 radical (unpaired) electrons. The second-order valence-electron chi connectivity index (χ2n) is 5.87. The summed E-state index contributed by atoms with van der Waals surface area (Å²) in [5.74, 6) is 0. The van der Waals surface area contributed by atoms with Crippen molar-refractivity contribution in [1.29, 1.82) is 0 Å². The predicted octanol–water partition coefficient (Wildman–Crippen LogP) is 2.81. The average Bonchev–Trinajstić information content (AvgIpc) is 2.92. The maximum Gasteiger partial charge on any atom is 0.137 e. The standard InChI is InChI=1S/C17H23N3O/c1-13(21)4-3-9-20-10-6-14(7-11-20)16-12-19-17-15(16)5-2-8-18-17/h2,5-6,8,12-13,21H,3-4,7,9-11H2,1H3,(H,18,19). The fourth-order valence-corrected chi connectivity index (χ4v) is 2.99. The van der Waals surface area contributed by atoms with Crippen molar-refractivity contribution in [1.82, 2.24) is 14.9 Å². The summed E-state index contributed by atoms with van der Waals surface area (Å²) in [6, 6.07) is 4.12. The first-order valence-electron chi connectivity index (χ1n) is 7.76. The van der Waals surface area contributed by atoms with Crippen LogP contribution in [0.3, 0.4) is 0 Å². The summed E-state index contributed by atoms with van der Waals surface area (Å²) < 4.78 is 0. The zero-order chi connectivity index (χ0) is 14.7. The number of hydrogen-bond acceptors (Lipinski definition) is 3. The molecule has 1 aliphatic rings. The van der Waals surface area contributed by atoms with E-state index >= 15 is 0 Å². The molecule has 1 aliphatic heterocycles. The fourth-order valence-electron chi connectivity index (χ4n) is 2.99. The van der Waals surface area contributed by atoms with Crippen LogP contribution < -0.4 is 0 Å². The highest BCUT2D eigenvalue weighted by Crippen LogP contribution is 2.28. The van der Waals surface area contributed by atoms with Crippen molar-refractivity contribution in [2.75, 3.05) is 19.6 Å². The molecule has 1 unspecified atom stereocenters. The Morgan fingerprint density at radius 1 is 1.48 bits per heavy atom. The third-order valence-electron chi connectivity index (χ3n) is 4.19. The Hall–Kier alpha value is -1.65. The number of pyridine rings is 1. The lowest BCUT2D eigenvalue weighted by Crippen LogP contribution is -2.29. The molecule has 3 rings (SSSR count). The topological polar surface area (TPSA) is 52.1 Å². The maximum absolute atomic E-state index is 9.31. The van der Waals surface area contributed by atoms with Crippen LogP contribution in [0.4, 0.5) is 0 Å². The van der Waals surface area contributed by atoms with E-state index in [-0.39, 0.29) is 6.10 Å². The minimum Gasteiger partial charge on any atom is -0.393 e. The number of H-pyrrole nitrogens is 1. The highest BCUT2D eigenvalue weighted by atomic mass is 16.3. The number of hydrogen-bond donors (Lipinski definition) is 2. The second-order valence-corrected chi connectivity index (χ2v) is 5.87. The second kappa shape index (κ2) is 6.41. The van der Waals surface area contributed by atoms with Crippen LogP contribution >= 0.6 is 0 Å². The third-order valence-corrected chi connectivity index (χ3v) is 4.19. The van der Waals surface area contributed by atoms with Crippen molar-refractivity contribution in [3.05, 3.63) is 36.2 Å². The molecule has 2 aromatic rings. The molecule has 1 atom stereocenters. The van der Waals surface area contributed by atoms with Gasteiger partial charge in [0, 0.05) is 36.4 Å². The highest BCUT2D eigenvalue weighted by molar-refractivity contribution is 5.90. The lowest BCUT2D eigenvalue weighted by Gasteiger charge is -2.26. The van der Waals surface area contributed by atoms with Gasteiger partial charge in [0.25, 0.3) is 0 Å². The predicted molar refractivity (Wildman–Crippen MR) is 86.0 cm³/mol.